The molecule has 9 nitrogen and oxygen atoms in total. The molecule has 2 aromatic carbocycles. The maximum atomic E-state index is 13.5. The average molecular weight is 609 g/mol. The van der Waals surface area contributed by atoms with Gasteiger partial charge in [-0.15, -0.1) is 0 Å². The molecule has 0 saturated heterocycles. The Morgan fingerprint density at radius 3 is 2.15 bits per heavy atom. The van der Waals surface area contributed by atoms with Crippen LogP contribution < -0.4 is 26.2 Å². The summed E-state index contributed by atoms with van der Waals surface area (Å²) in [7, 11) is 1.33. The number of nitrogens with zero attached hydrogens (tertiary/aromatic N) is 3. The molecule has 1 aliphatic rings. The summed E-state index contributed by atoms with van der Waals surface area (Å²) < 4.78 is 93.3. The Bertz CT molecular complexity index is 1490. The van der Waals surface area contributed by atoms with Crippen LogP contribution in [0.3, 0.4) is 0 Å². The summed E-state index contributed by atoms with van der Waals surface area (Å²) in [4.78, 5) is 27.7. The molecular formula is C25H23ClF6N4O5. The van der Waals surface area contributed by atoms with Gasteiger partial charge in [0.2, 0.25) is 0 Å². The highest BCUT2D eigenvalue weighted by molar-refractivity contribution is 6.30. The van der Waals surface area contributed by atoms with E-state index in [-0.39, 0.29) is 50.5 Å². The van der Waals surface area contributed by atoms with Gasteiger partial charge >= 0.3 is 18.0 Å². The van der Waals surface area contributed by atoms with Crippen LogP contribution >= 0.6 is 11.6 Å². The van der Waals surface area contributed by atoms with Crippen LogP contribution in [0.5, 0.6) is 5.75 Å². The second-order valence-corrected chi connectivity index (χ2v) is 9.38. The smallest absolute Gasteiger partial charge is 0.416 e. The van der Waals surface area contributed by atoms with Crippen molar-refractivity contribution in [3.05, 3.63) is 85.0 Å². The zero-order chi connectivity index (χ0) is 30.1. The van der Waals surface area contributed by atoms with Gasteiger partial charge in [-0.25, -0.2) is 4.79 Å². The molecule has 41 heavy (non-hydrogen) atoms. The Morgan fingerprint density at radius 2 is 1.59 bits per heavy atom. The number of ether oxygens (including phenoxy) is 2. The molecule has 2 heterocycles. The number of halogens is 7. The monoisotopic (exact) mass is 608 g/mol. The Hall–Kier alpha value is -3.69. The van der Waals surface area contributed by atoms with Gasteiger partial charge in [-0.3, -0.25) is 13.9 Å². The lowest BCUT2D eigenvalue weighted by atomic mass is 10.1. The minimum atomic E-state index is -5.11. The largest absolute Gasteiger partial charge is 0.452 e. The van der Waals surface area contributed by atoms with E-state index in [9.17, 15) is 35.9 Å². The molecule has 1 aromatic heterocycles. The van der Waals surface area contributed by atoms with E-state index in [4.69, 9.17) is 26.2 Å². The van der Waals surface area contributed by atoms with Crippen molar-refractivity contribution in [1.29, 1.82) is 0 Å². The lowest BCUT2D eigenvalue weighted by molar-refractivity contribution is -0.143. The molecule has 16 heteroatoms. The Morgan fingerprint density at radius 1 is 0.976 bits per heavy atom. The summed E-state index contributed by atoms with van der Waals surface area (Å²) in [6, 6.07) is 7.11. The first-order valence-electron chi connectivity index (χ1n) is 12.0. The van der Waals surface area contributed by atoms with E-state index < -0.39 is 46.8 Å². The van der Waals surface area contributed by atoms with Crippen LogP contribution in [-0.2, 0) is 37.2 Å². The van der Waals surface area contributed by atoms with E-state index >= 15 is 0 Å². The van der Waals surface area contributed by atoms with Crippen molar-refractivity contribution in [3.63, 3.8) is 0 Å². The van der Waals surface area contributed by atoms with E-state index in [0.29, 0.717) is 22.7 Å². The minimum absolute atomic E-state index is 0.0307. The number of alkyl halides is 6. The van der Waals surface area contributed by atoms with Crippen molar-refractivity contribution in [1.82, 2.24) is 9.13 Å². The van der Waals surface area contributed by atoms with Gasteiger partial charge < -0.3 is 24.8 Å². The molecule has 222 valence electrons. The molecule has 0 saturated carbocycles. The molecule has 0 spiro atoms. The predicted molar refractivity (Wildman–Crippen MR) is 136 cm³/mol. The molecule has 1 aliphatic heterocycles. The molecule has 0 radical (unpaired) electrons. The summed E-state index contributed by atoms with van der Waals surface area (Å²) in [5.74, 6) is -0.837. The van der Waals surface area contributed by atoms with E-state index in [0.717, 1.165) is 9.13 Å². The molecule has 0 amide bonds. The lowest BCUT2D eigenvalue weighted by Crippen LogP contribution is -2.44. The third-order valence-corrected chi connectivity index (χ3v) is 6.38. The predicted octanol–water partition coefficient (Wildman–Crippen LogP) is 4.04. The lowest BCUT2D eigenvalue weighted by Gasteiger charge is -2.27. The van der Waals surface area contributed by atoms with Crippen LogP contribution in [0.2, 0.25) is 5.02 Å². The second kappa shape index (κ2) is 11.7. The molecule has 2 N–H and O–H groups in total. The molecule has 0 aliphatic carbocycles. The maximum absolute atomic E-state index is 13.5. The zero-order valence-electron chi connectivity index (χ0n) is 21.2. The van der Waals surface area contributed by atoms with E-state index in [1.54, 1.807) is 24.3 Å². The molecular weight excluding hydrogens is 586 g/mol. The van der Waals surface area contributed by atoms with Gasteiger partial charge in [-0.1, -0.05) is 23.7 Å². The highest BCUT2D eigenvalue weighted by Gasteiger charge is 2.40. The summed E-state index contributed by atoms with van der Waals surface area (Å²) in [6.07, 6.45) is -11.7. The number of rotatable bonds is 9. The SMILES string of the molecule is Cn1c2c(c(=O)n(CCOCCO)c1=O)N(Cc1ccc(Cl)cc1)C(Oc1cc(C(F)(F)F)cc(C(F)(F)F)c1)N2. The topological polar surface area (TPSA) is 98.0 Å². The van der Waals surface area contributed by atoms with E-state index in [1.165, 1.54) is 11.9 Å². The first-order valence-corrected chi connectivity index (χ1v) is 12.3. The third-order valence-electron chi connectivity index (χ3n) is 6.13. The van der Waals surface area contributed by atoms with Crippen molar-refractivity contribution in [2.45, 2.75) is 31.8 Å². The standard InChI is InChI=1S/C25H23ClF6N4O5/c1-34-20-19(21(38)35(23(34)39)6-8-40-9-7-37)36(13-14-2-4-17(26)5-3-14)22(33-20)41-18-11-15(24(27,28)29)10-16(12-18)25(30,31)32/h2-5,10-12,22,33,37H,6-9,13H2,1H3. The number of aliphatic hydroxyl groups is 1. The fraction of sp³-hybridized carbons (Fsp3) is 0.360. The quantitative estimate of drug-likeness (QED) is 0.280. The number of nitrogens with one attached hydrogen (secondary N) is 1. The zero-order valence-corrected chi connectivity index (χ0v) is 22.0. The van der Waals surface area contributed by atoms with Crippen molar-refractivity contribution in [3.8, 4) is 5.75 Å². The number of fused-ring (bicyclic) bond motifs is 1. The fourth-order valence-electron chi connectivity index (χ4n) is 4.17. The number of hydrogen-bond acceptors (Lipinski definition) is 7. The minimum Gasteiger partial charge on any atom is -0.452 e. The number of aromatic nitrogens is 2. The van der Waals surface area contributed by atoms with Crippen LogP contribution in [-0.4, -0.2) is 40.4 Å². The molecule has 1 unspecified atom stereocenters. The first-order chi connectivity index (χ1) is 19.2. The van der Waals surface area contributed by atoms with Crippen molar-refractivity contribution < 1.29 is 40.9 Å². The van der Waals surface area contributed by atoms with Gasteiger partial charge in [0.05, 0.1) is 37.5 Å². The highest BCUT2D eigenvalue weighted by Crippen LogP contribution is 2.39. The molecule has 0 bridgehead atoms. The third kappa shape index (κ3) is 6.63. The molecule has 1 atom stereocenters. The van der Waals surface area contributed by atoms with Crippen LogP contribution in [0.1, 0.15) is 16.7 Å². The Kier molecular flexibility index (Phi) is 8.61. The van der Waals surface area contributed by atoms with Gasteiger partial charge in [-0.2, -0.15) is 26.3 Å². The van der Waals surface area contributed by atoms with Crippen molar-refractivity contribution >= 4 is 23.1 Å². The van der Waals surface area contributed by atoms with E-state index in [1.807, 2.05) is 0 Å². The van der Waals surface area contributed by atoms with Gasteiger partial charge in [0.15, 0.2) is 0 Å². The second-order valence-electron chi connectivity index (χ2n) is 8.94. The van der Waals surface area contributed by atoms with E-state index in [2.05, 4.69) is 5.32 Å². The molecule has 0 fully saturated rings. The molecule has 3 aromatic rings. The number of aliphatic hydroxyl groups excluding tert-OH is 1. The summed E-state index contributed by atoms with van der Waals surface area (Å²) in [5, 5.41) is 12.0. The van der Waals surface area contributed by atoms with Crippen LogP contribution in [0.4, 0.5) is 37.8 Å². The Labute approximate surface area is 233 Å². The number of benzene rings is 2. The van der Waals surface area contributed by atoms with Gasteiger partial charge in [0, 0.05) is 18.6 Å². The van der Waals surface area contributed by atoms with Gasteiger partial charge in [0.25, 0.3) is 11.9 Å². The summed E-state index contributed by atoms with van der Waals surface area (Å²) in [6.45, 7) is -0.704. The average Bonchev–Trinajstić information content (AvgIpc) is 3.25. The highest BCUT2D eigenvalue weighted by atomic mass is 35.5. The van der Waals surface area contributed by atoms with Crippen LogP contribution in [0, 0.1) is 0 Å². The van der Waals surface area contributed by atoms with Crippen molar-refractivity contribution in [2.24, 2.45) is 7.05 Å². The fourth-order valence-corrected chi connectivity index (χ4v) is 4.30. The maximum Gasteiger partial charge on any atom is 0.416 e. The number of hydrogen-bond donors (Lipinski definition) is 2. The van der Waals surface area contributed by atoms with Crippen LogP contribution in [0.15, 0.2) is 52.1 Å². The Balaban J connectivity index is 1.79. The summed E-state index contributed by atoms with van der Waals surface area (Å²) in [5.41, 5.74) is -4.29. The van der Waals surface area contributed by atoms with Gasteiger partial charge in [0.1, 0.15) is 17.3 Å². The number of anilines is 2. The van der Waals surface area contributed by atoms with Gasteiger partial charge in [-0.05, 0) is 35.9 Å². The molecule has 4 rings (SSSR count). The normalized spacial score (nSPS) is 15.1. The van der Waals surface area contributed by atoms with Crippen LogP contribution in [0.25, 0.3) is 0 Å². The first kappa shape index (κ1) is 30.3. The van der Waals surface area contributed by atoms with Crippen molar-refractivity contribution in [2.75, 3.05) is 30.0 Å². The summed E-state index contributed by atoms with van der Waals surface area (Å²) >= 11 is 5.95.